The predicted octanol–water partition coefficient (Wildman–Crippen LogP) is -12.1. The maximum Gasteiger partial charge on any atom is 0.269 e. The second kappa shape index (κ2) is 26.2. The van der Waals surface area contributed by atoms with Crippen molar-refractivity contribution >= 4 is 5.69 Å². The van der Waals surface area contributed by atoms with Gasteiger partial charge >= 0.3 is 0 Å². The predicted molar refractivity (Wildman–Crippen MR) is 231 cm³/mol. The maximum atomic E-state index is 12.0. The van der Waals surface area contributed by atoms with Gasteiger partial charge in [0.15, 0.2) is 43.8 Å². The van der Waals surface area contributed by atoms with E-state index in [1.807, 2.05) is 0 Å². The van der Waals surface area contributed by atoms with E-state index < -0.39 is 234 Å². The van der Waals surface area contributed by atoms with E-state index in [2.05, 4.69) is 0 Å². The summed E-state index contributed by atoms with van der Waals surface area (Å²) >= 11 is 0. The third kappa shape index (κ3) is 12.6. The summed E-state index contributed by atoms with van der Waals surface area (Å²) < 4.78 is 68.0. The lowest BCUT2D eigenvalue weighted by Gasteiger charge is -2.50. The van der Waals surface area contributed by atoms with Crippen LogP contribution in [0.25, 0.3) is 0 Å². The number of aliphatic hydroxyl groups is 19. The summed E-state index contributed by atoms with van der Waals surface area (Å²) in [6.45, 7) is -5.87. The smallest absolute Gasteiger partial charge is 0.269 e. The molecule has 0 saturated carbocycles. The van der Waals surface area contributed by atoms with Gasteiger partial charge in [0.2, 0.25) is 0 Å². The first kappa shape index (κ1) is 60.9. The number of aliphatic hydroxyl groups excluding tert-OH is 19. The molecule has 0 bridgehead atoms. The standard InChI is InChI=1S/C42H65NO33/c44-5-13-19(50)20(51)26(57)38(67-13)73-32-15(7-46)68-40(27(58)22(32)53)74-33-16(8-47)69-41(28(59)23(33)54)75-35-18(10-49)71-42(36(30(35)61)65-12-3-1-11(2-4-12)43(63)64)76-34-17(9-48)70-39(29(60)24(34)55)72-31-14(6-45)66-37(62)25(56)21(31)52/h1-4,13-42,44-62H,5-10H2/t13-,14-,15-,16-,17-,18-,19-,20+,21-,22-,23-,24-,25-,26-,27-,28-,29-,30+,31-,32-,33-,34-,35-,36-,37+,38-,39-,40-,41-,42-/m1/s1. The molecule has 0 aliphatic carbocycles. The van der Waals surface area contributed by atoms with E-state index in [0.717, 1.165) is 24.3 Å². The van der Waals surface area contributed by atoms with Gasteiger partial charge in [-0.1, -0.05) is 0 Å². The molecule has 7 rings (SSSR count). The van der Waals surface area contributed by atoms with Gasteiger partial charge in [-0.2, -0.15) is 0 Å². The fourth-order valence-corrected chi connectivity index (χ4v) is 9.44. The van der Waals surface area contributed by atoms with Crippen LogP contribution in [0, 0.1) is 10.1 Å². The van der Waals surface area contributed by atoms with Crippen molar-refractivity contribution in [3.05, 3.63) is 34.4 Å². The topological polar surface area (TPSA) is 538 Å². The Bertz CT molecular complexity index is 1960. The summed E-state index contributed by atoms with van der Waals surface area (Å²) in [6, 6.07) is 4.21. The van der Waals surface area contributed by atoms with Crippen LogP contribution in [0.15, 0.2) is 24.3 Å². The van der Waals surface area contributed by atoms with Gasteiger partial charge in [-0.15, -0.1) is 0 Å². The summed E-state index contributed by atoms with van der Waals surface area (Å²) in [7, 11) is 0. The molecule has 0 spiro atoms. The molecule has 6 aliphatic heterocycles. The summed E-state index contributed by atoms with van der Waals surface area (Å²) in [5, 5.41) is 213. The first-order chi connectivity index (χ1) is 36.1. The Kier molecular flexibility index (Phi) is 21.0. The van der Waals surface area contributed by atoms with Crippen LogP contribution in [0.3, 0.4) is 0 Å². The van der Waals surface area contributed by atoms with Gasteiger partial charge in [0.05, 0.1) is 44.6 Å². The molecule has 34 heteroatoms. The number of hydrogen-bond donors (Lipinski definition) is 19. The van der Waals surface area contributed by atoms with Crippen LogP contribution in [0.5, 0.6) is 5.75 Å². The molecular weight excluding hydrogens is 1050 g/mol. The molecule has 1 aromatic rings. The zero-order valence-corrected chi connectivity index (χ0v) is 39.5. The second-order valence-electron chi connectivity index (χ2n) is 18.6. The number of hydrogen-bond acceptors (Lipinski definition) is 33. The molecule has 0 aromatic heterocycles. The van der Waals surface area contributed by atoms with Crippen molar-refractivity contribution in [2.75, 3.05) is 39.6 Å². The van der Waals surface area contributed by atoms with Crippen LogP contribution in [-0.2, 0) is 52.1 Å². The highest BCUT2D eigenvalue weighted by Crippen LogP contribution is 2.38. The average molecular weight is 1110 g/mol. The highest BCUT2D eigenvalue weighted by atomic mass is 16.8. The minimum absolute atomic E-state index is 0.211. The Balaban J connectivity index is 1.06. The van der Waals surface area contributed by atoms with Crippen LogP contribution in [-0.4, -0.2) is 326 Å². The molecule has 30 atom stereocenters. The molecule has 34 nitrogen and oxygen atoms in total. The summed E-state index contributed by atoms with van der Waals surface area (Å²) in [5.41, 5.74) is -0.397. The lowest BCUT2D eigenvalue weighted by Crippen LogP contribution is -2.68. The summed E-state index contributed by atoms with van der Waals surface area (Å²) in [6.07, 6.45) is -57.4. The van der Waals surface area contributed by atoms with E-state index in [9.17, 15) is 107 Å². The Labute approximate surface area is 428 Å². The van der Waals surface area contributed by atoms with E-state index in [4.69, 9.17) is 56.8 Å². The Hall–Kier alpha value is -2.78. The number of nitro groups is 1. The zero-order valence-electron chi connectivity index (χ0n) is 39.5. The van der Waals surface area contributed by atoms with Gasteiger partial charge in [0.25, 0.3) is 5.69 Å². The number of ether oxygens (including phenoxy) is 12. The van der Waals surface area contributed by atoms with Crippen LogP contribution >= 0.6 is 0 Å². The summed E-state index contributed by atoms with van der Waals surface area (Å²) in [4.78, 5) is 10.7. The van der Waals surface area contributed by atoms with E-state index in [1.165, 1.54) is 0 Å². The van der Waals surface area contributed by atoms with Gasteiger partial charge in [-0.05, 0) is 12.1 Å². The first-order valence-electron chi connectivity index (χ1n) is 23.7. The van der Waals surface area contributed by atoms with Crippen molar-refractivity contribution in [3.63, 3.8) is 0 Å². The number of nitro benzene ring substituents is 1. The van der Waals surface area contributed by atoms with Gasteiger partial charge in [-0.25, -0.2) is 0 Å². The lowest BCUT2D eigenvalue weighted by atomic mass is 9.95. The molecule has 6 heterocycles. The number of nitrogens with zero attached hydrogens (tertiary/aromatic N) is 1. The molecule has 1 aromatic carbocycles. The minimum Gasteiger partial charge on any atom is -0.482 e. The molecule has 0 radical (unpaired) electrons. The monoisotopic (exact) mass is 1110 g/mol. The second-order valence-corrected chi connectivity index (χ2v) is 18.6. The van der Waals surface area contributed by atoms with Gasteiger partial charge < -0.3 is 154 Å². The zero-order chi connectivity index (χ0) is 55.6. The van der Waals surface area contributed by atoms with Crippen molar-refractivity contribution < 1.29 is 159 Å². The highest BCUT2D eigenvalue weighted by molar-refractivity contribution is 5.36. The van der Waals surface area contributed by atoms with Gasteiger partial charge in [-0.3, -0.25) is 10.1 Å². The molecule has 19 N–H and O–H groups in total. The molecule has 6 fully saturated rings. The minimum atomic E-state index is -2.23. The third-order valence-electron chi connectivity index (χ3n) is 13.7. The molecule has 76 heavy (non-hydrogen) atoms. The molecule has 0 amide bonds. The Morgan fingerprint density at radius 3 is 1.03 bits per heavy atom. The first-order valence-corrected chi connectivity index (χ1v) is 23.7. The van der Waals surface area contributed by atoms with E-state index in [0.29, 0.717) is 0 Å². The largest absolute Gasteiger partial charge is 0.482 e. The number of rotatable bonds is 19. The van der Waals surface area contributed by atoms with Crippen LogP contribution in [0.4, 0.5) is 5.69 Å². The molecule has 6 aliphatic rings. The van der Waals surface area contributed by atoms with Gasteiger partial charge in [0.1, 0.15) is 146 Å². The lowest BCUT2D eigenvalue weighted by molar-refractivity contribution is -0.394. The molecule has 6 saturated heterocycles. The quantitative estimate of drug-likeness (QED) is 0.0452. The van der Waals surface area contributed by atoms with E-state index >= 15 is 0 Å². The average Bonchev–Trinajstić information content (AvgIpc) is 3.42. The normalized spacial score (nSPS) is 48.3. The molecule has 436 valence electrons. The number of benzene rings is 1. The van der Waals surface area contributed by atoms with E-state index in [1.54, 1.807) is 0 Å². The maximum absolute atomic E-state index is 12.0. The van der Waals surface area contributed by atoms with Crippen molar-refractivity contribution in [2.45, 2.75) is 184 Å². The number of non-ortho nitro benzene ring substituents is 1. The molecule has 0 unspecified atom stereocenters. The van der Waals surface area contributed by atoms with Crippen molar-refractivity contribution in [1.82, 2.24) is 0 Å². The third-order valence-corrected chi connectivity index (χ3v) is 13.7. The van der Waals surface area contributed by atoms with E-state index in [-0.39, 0.29) is 5.75 Å². The van der Waals surface area contributed by atoms with Crippen LogP contribution in [0.2, 0.25) is 0 Å². The van der Waals surface area contributed by atoms with Gasteiger partial charge in [0, 0.05) is 12.1 Å². The molecular formula is C42H65NO33. The Morgan fingerprint density at radius 1 is 0.355 bits per heavy atom. The summed E-state index contributed by atoms with van der Waals surface area (Å²) in [5.74, 6) is -0.211. The highest BCUT2D eigenvalue weighted by Gasteiger charge is 2.58. The Morgan fingerprint density at radius 2 is 0.658 bits per heavy atom. The van der Waals surface area contributed by atoms with Crippen LogP contribution in [0.1, 0.15) is 0 Å². The van der Waals surface area contributed by atoms with Crippen molar-refractivity contribution in [2.24, 2.45) is 0 Å². The van der Waals surface area contributed by atoms with Crippen molar-refractivity contribution in [3.8, 4) is 5.75 Å². The van der Waals surface area contributed by atoms with Crippen LogP contribution < -0.4 is 4.74 Å². The SMILES string of the molecule is O=[N+]([O-])c1ccc(O[C@H]2[C@@H](O[C@H]3[C@H](O)[C@@H](O)[C@@H](O[C@H]4[C@H](O)[C@@H](O)[C@@H](O)O[C@@H]4CO)O[C@@H]3CO)O[C@H](CO)[C@@H](O[C@H]3O[C@H](CO)[C@@H](O[C@H]4O[C@H](CO)[C@@H](O[C@H]5O[C@H](CO)[C@@H](O)[C@H](O)[C@H]5O)[C@H](O)[C@H]4O)[C@H](O)[C@H]3O)[C@@H]2O)cc1. The van der Waals surface area contributed by atoms with Crippen molar-refractivity contribution in [1.29, 1.82) is 0 Å². The fraction of sp³-hybridized carbons (Fsp3) is 0.857. The fourth-order valence-electron chi connectivity index (χ4n) is 9.44.